The number of nitrogens with zero attached hydrogens (tertiary/aromatic N) is 3. The highest BCUT2D eigenvalue weighted by atomic mass is 16.6. The smallest absolute Gasteiger partial charge is 0.251 e. The molecule has 1 aliphatic carbocycles. The second-order valence-electron chi connectivity index (χ2n) is 6.74. The molecule has 2 aromatic rings. The van der Waals surface area contributed by atoms with Gasteiger partial charge in [-0.15, -0.1) is 0 Å². The number of rotatable bonds is 6. The first-order valence-electron chi connectivity index (χ1n) is 9.10. The van der Waals surface area contributed by atoms with Gasteiger partial charge < -0.3 is 9.57 Å². The van der Waals surface area contributed by atoms with Crippen molar-refractivity contribution in [3.63, 3.8) is 0 Å². The van der Waals surface area contributed by atoms with Gasteiger partial charge in [-0.1, -0.05) is 23.4 Å². The standard InChI is InChI=1S/C22H23N3O2/c1-15(2)26-21-11-10-17(12-19(21)13-23)22(27-24-3)25-14-18-8-4-6-16-7-5-9-20(16)18/h4,6,8,10-12,15H,3,5,7,9,14H2,1-2H3. The monoisotopic (exact) mass is 361 g/mol. The summed E-state index contributed by atoms with van der Waals surface area (Å²) in [4.78, 5) is 9.91. The molecule has 0 bridgehead atoms. The normalized spacial score (nSPS) is 13.2. The first-order valence-corrected chi connectivity index (χ1v) is 9.10. The summed E-state index contributed by atoms with van der Waals surface area (Å²) in [6, 6.07) is 13.8. The number of hydrogen-bond acceptors (Lipinski definition) is 5. The number of oxime groups is 1. The molecule has 5 heteroatoms. The van der Waals surface area contributed by atoms with Crippen molar-refractivity contribution in [2.75, 3.05) is 0 Å². The minimum absolute atomic E-state index is 0.0117. The zero-order valence-electron chi connectivity index (χ0n) is 15.7. The van der Waals surface area contributed by atoms with Crippen LogP contribution in [-0.4, -0.2) is 18.7 Å². The van der Waals surface area contributed by atoms with Gasteiger partial charge in [0.2, 0.25) is 0 Å². The average Bonchev–Trinajstić information content (AvgIpc) is 3.14. The van der Waals surface area contributed by atoms with Crippen molar-refractivity contribution in [3.8, 4) is 11.8 Å². The molecule has 0 amide bonds. The lowest BCUT2D eigenvalue weighted by molar-refractivity contribution is 0.241. The first-order chi connectivity index (χ1) is 13.1. The van der Waals surface area contributed by atoms with E-state index in [1.807, 2.05) is 19.9 Å². The molecule has 0 radical (unpaired) electrons. The van der Waals surface area contributed by atoms with Crippen LogP contribution in [0.3, 0.4) is 0 Å². The van der Waals surface area contributed by atoms with Crippen LogP contribution in [0.15, 0.2) is 46.5 Å². The van der Waals surface area contributed by atoms with Crippen LogP contribution in [0.1, 0.15) is 48.1 Å². The lowest BCUT2D eigenvalue weighted by Gasteiger charge is -2.12. The third-order valence-corrected chi connectivity index (χ3v) is 4.50. The van der Waals surface area contributed by atoms with Gasteiger partial charge in [0, 0.05) is 12.3 Å². The maximum Gasteiger partial charge on any atom is 0.251 e. The fourth-order valence-electron chi connectivity index (χ4n) is 3.34. The molecule has 0 saturated carbocycles. The van der Waals surface area contributed by atoms with Crippen molar-refractivity contribution in [2.45, 2.75) is 45.8 Å². The van der Waals surface area contributed by atoms with Crippen LogP contribution in [-0.2, 0) is 24.2 Å². The van der Waals surface area contributed by atoms with E-state index in [1.165, 1.54) is 23.1 Å². The Morgan fingerprint density at radius 3 is 2.85 bits per heavy atom. The largest absolute Gasteiger partial charge is 0.490 e. The topological polar surface area (TPSA) is 67.0 Å². The average molecular weight is 361 g/mol. The quantitative estimate of drug-likeness (QED) is 0.435. The van der Waals surface area contributed by atoms with Crippen LogP contribution in [0.4, 0.5) is 0 Å². The Hall–Kier alpha value is -3.13. The maximum absolute atomic E-state index is 9.43. The van der Waals surface area contributed by atoms with Crippen molar-refractivity contribution in [1.82, 2.24) is 0 Å². The molecule has 0 aromatic heterocycles. The highest BCUT2D eigenvalue weighted by molar-refractivity contribution is 5.94. The van der Waals surface area contributed by atoms with Crippen molar-refractivity contribution >= 4 is 12.6 Å². The summed E-state index contributed by atoms with van der Waals surface area (Å²) in [6.07, 6.45) is 3.41. The van der Waals surface area contributed by atoms with Gasteiger partial charge in [-0.05, 0) is 68.0 Å². The molecule has 27 heavy (non-hydrogen) atoms. The molecular weight excluding hydrogens is 338 g/mol. The SMILES string of the molecule is C=NOC(=NCc1cccc2c1CCC2)c1ccc(OC(C)C)c(C#N)c1. The molecule has 0 N–H and O–H groups in total. The van der Waals surface area contributed by atoms with E-state index in [0.717, 1.165) is 12.8 Å². The summed E-state index contributed by atoms with van der Waals surface area (Å²) in [6.45, 7) is 7.74. The highest BCUT2D eigenvalue weighted by Crippen LogP contribution is 2.26. The van der Waals surface area contributed by atoms with Gasteiger partial charge in [0.1, 0.15) is 11.8 Å². The fraction of sp³-hybridized carbons (Fsp3) is 0.318. The summed E-state index contributed by atoms with van der Waals surface area (Å²) >= 11 is 0. The molecule has 138 valence electrons. The zero-order valence-corrected chi connectivity index (χ0v) is 15.7. The summed E-state index contributed by atoms with van der Waals surface area (Å²) in [5.41, 5.74) is 5.11. The third-order valence-electron chi connectivity index (χ3n) is 4.50. The van der Waals surface area contributed by atoms with E-state index in [9.17, 15) is 5.26 Å². The molecular formula is C22H23N3O2. The van der Waals surface area contributed by atoms with Crippen LogP contribution in [0.5, 0.6) is 5.75 Å². The molecule has 0 heterocycles. The van der Waals surface area contributed by atoms with Gasteiger partial charge >= 0.3 is 0 Å². The lowest BCUT2D eigenvalue weighted by Crippen LogP contribution is -2.09. The van der Waals surface area contributed by atoms with E-state index in [4.69, 9.17) is 9.57 Å². The van der Waals surface area contributed by atoms with Gasteiger partial charge in [0.25, 0.3) is 5.90 Å². The lowest BCUT2D eigenvalue weighted by atomic mass is 10.0. The summed E-state index contributed by atoms with van der Waals surface area (Å²) in [5, 5.41) is 13.0. The number of aryl methyl sites for hydroxylation is 1. The molecule has 5 nitrogen and oxygen atoms in total. The number of hydrogen-bond donors (Lipinski definition) is 0. The molecule has 0 aliphatic heterocycles. The minimum atomic E-state index is -0.0117. The van der Waals surface area contributed by atoms with Gasteiger partial charge in [-0.25, -0.2) is 4.99 Å². The second-order valence-corrected chi connectivity index (χ2v) is 6.74. The Morgan fingerprint density at radius 2 is 2.11 bits per heavy atom. The molecule has 1 aliphatic rings. The number of benzene rings is 2. The van der Waals surface area contributed by atoms with Crippen molar-refractivity contribution in [2.24, 2.45) is 10.1 Å². The van der Waals surface area contributed by atoms with Crippen molar-refractivity contribution < 1.29 is 9.57 Å². The first kappa shape index (κ1) is 18.7. The van der Waals surface area contributed by atoms with Crippen LogP contribution >= 0.6 is 0 Å². The molecule has 3 rings (SSSR count). The number of nitriles is 1. The zero-order chi connectivity index (χ0) is 19.2. The Labute approximate surface area is 159 Å². The second kappa shape index (κ2) is 8.50. The molecule has 0 saturated heterocycles. The maximum atomic E-state index is 9.43. The van der Waals surface area contributed by atoms with Crippen LogP contribution in [0.2, 0.25) is 0 Å². The van der Waals surface area contributed by atoms with Crippen molar-refractivity contribution in [3.05, 3.63) is 64.2 Å². The van der Waals surface area contributed by atoms with E-state index in [2.05, 4.69) is 41.1 Å². The van der Waals surface area contributed by atoms with Gasteiger partial charge in [-0.2, -0.15) is 5.26 Å². The van der Waals surface area contributed by atoms with Crippen LogP contribution in [0, 0.1) is 11.3 Å². The third kappa shape index (κ3) is 4.35. The van der Waals surface area contributed by atoms with Crippen molar-refractivity contribution in [1.29, 1.82) is 5.26 Å². The predicted octanol–water partition coefficient (Wildman–Crippen LogP) is 4.41. The summed E-state index contributed by atoms with van der Waals surface area (Å²) in [7, 11) is 0. The Morgan fingerprint density at radius 1 is 1.26 bits per heavy atom. The number of ether oxygens (including phenoxy) is 1. The fourth-order valence-corrected chi connectivity index (χ4v) is 3.34. The van der Waals surface area contributed by atoms with Gasteiger partial charge in [0.15, 0.2) is 0 Å². The number of aliphatic imine (C=N–C) groups is 1. The minimum Gasteiger partial charge on any atom is -0.490 e. The highest BCUT2D eigenvalue weighted by Gasteiger charge is 2.15. The van der Waals surface area contributed by atoms with Gasteiger partial charge in [0.05, 0.1) is 18.2 Å². The molecule has 2 aromatic carbocycles. The summed E-state index contributed by atoms with van der Waals surface area (Å²) < 4.78 is 5.67. The number of fused-ring (bicyclic) bond motifs is 1. The molecule has 0 fully saturated rings. The van der Waals surface area contributed by atoms with E-state index < -0.39 is 0 Å². The van der Waals surface area contributed by atoms with E-state index in [0.29, 0.717) is 29.3 Å². The Kier molecular flexibility index (Phi) is 5.87. The van der Waals surface area contributed by atoms with E-state index in [-0.39, 0.29) is 6.10 Å². The van der Waals surface area contributed by atoms with E-state index >= 15 is 0 Å². The van der Waals surface area contributed by atoms with Crippen LogP contribution < -0.4 is 4.74 Å². The van der Waals surface area contributed by atoms with Crippen LogP contribution in [0.25, 0.3) is 0 Å². The predicted molar refractivity (Wildman–Crippen MR) is 106 cm³/mol. The molecule has 0 spiro atoms. The molecule has 0 unspecified atom stereocenters. The summed E-state index contributed by atoms with van der Waals surface area (Å²) in [5.74, 6) is 0.885. The van der Waals surface area contributed by atoms with E-state index in [1.54, 1.807) is 12.1 Å². The Bertz CT molecular complexity index is 910. The van der Waals surface area contributed by atoms with Gasteiger partial charge in [-0.3, -0.25) is 0 Å². The Balaban J connectivity index is 1.89. The molecule has 0 atom stereocenters.